The van der Waals surface area contributed by atoms with E-state index < -0.39 is 32.5 Å². The molecule has 0 amide bonds. The second kappa shape index (κ2) is 51.6. The molecule has 406 valence electrons. The Morgan fingerprint density at radius 1 is 0.451 bits per heavy atom. The van der Waals surface area contributed by atoms with Gasteiger partial charge in [0.25, 0.3) is 7.82 Å². The van der Waals surface area contributed by atoms with E-state index in [1.54, 1.807) is 0 Å². The number of phosphoric acid groups is 1. The van der Waals surface area contributed by atoms with Crippen LogP contribution in [0.1, 0.15) is 213 Å². The first kappa shape index (κ1) is 67.7. The monoisotopic (exact) mass is 1010 g/mol. The van der Waals surface area contributed by atoms with Gasteiger partial charge in [-0.1, -0.05) is 226 Å². The summed E-state index contributed by atoms with van der Waals surface area (Å²) in [5.74, 6) is -0.859. The molecule has 0 aliphatic heterocycles. The van der Waals surface area contributed by atoms with Crippen LogP contribution in [0.4, 0.5) is 0 Å². The Hall–Kier alpha value is -3.33. The first-order valence-corrected chi connectivity index (χ1v) is 29.6. The van der Waals surface area contributed by atoms with Crippen LogP contribution in [0.2, 0.25) is 0 Å². The van der Waals surface area contributed by atoms with Crippen molar-refractivity contribution < 1.29 is 42.1 Å². The van der Waals surface area contributed by atoms with Gasteiger partial charge in [0.1, 0.15) is 19.8 Å². The van der Waals surface area contributed by atoms with E-state index in [0.717, 1.165) is 109 Å². The number of nitrogens with zero attached hydrogens (tertiary/aromatic N) is 1. The van der Waals surface area contributed by atoms with Crippen molar-refractivity contribution in [2.45, 2.75) is 219 Å². The summed E-state index contributed by atoms with van der Waals surface area (Å²) < 4.78 is 34.1. The highest BCUT2D eigenvalue weighted by atomic mass is 31.2. The SMILES string of the molecule is CC/C=C\C/C=C\C/C=C\C/C=C\C/C=C\C/C=C\C/C=C\C/C=C\C/C=C\CCCCCCCC(=O)OC(COC(=O)CCCCCCCCCCCCCCCC)COP(=O)([O-])OCC[N+](C)(C)C. The lowest BCUT2D eigenvalue weighted by molar-refractivity contribution is -0.870. The number of unbranched alkanes of at least 4 members (excludes halogenated alkanes) is 18. The number of carbonyl (C=O) groups is 2. The van der Waals surface area contributed by atoms with Gasteiger partial charge < -0.3 is 27.9 Å². The van der Waals surface area contributed by atoms with Gasteiger partial charge in [0.2, 0.25) is 0 Å². The largest absolute Gasteiger partial charge is 0.756 e. The Morgan fingerprint density at radius 2 is 0.803 bits per heavy atom. The van der Waals surface area contributed by atoms with E-state index in [1.807, 2.05) is 21.1 Å². The van der Waals surface area contributed by atoms with E-state index in [2.05, 4.69) is 123 Å². The third-order valence-electron chi connectivity index (χ3n) is 11.6. The Labute approximate surface area is 436 Å². The van der Waals surface area contributed by atoms with Crippen molar-refractivity contribution in [3.63, 3.8) is 0 Å². The average molecular weight is 1010 g/mol. The number of allylic oxidation sites excluding steroid dienone is 18. The van der Waals surface area contributed by atoms with Crippen LogP contribution in [0, 0.1) is 0 Å². The summed E-state index contributed by atoms with van der Waals surface area (Å²) in [7, 11) is 1.14. The van der Waals surface area contributed by atoms with Crippen molar-refractivity contribution in [2.75, 3.05) is 47.5 Å². The fourth-order valence-corrected chi connectivity index (χ4v) is 7.96. The first-order chi connectivity index (χ1) is 34.5. The van der Waals surface area contributed by atoms with Crippen LogP contribution in [0.3, 0.4) is 0 Å². The fourth-order valence-electron chi connectivity index (χ4n) is 7.24. The standard InChI is InChI=1S/C61H104NO8P/c1-6-8-10-12-14-16-18-20-22-23-24-25-26-27-28-29-30-31-32-33-34-35-36-37-38-39-40-42-44-46-48-50-52-54-61(64)70-59(58-69-71(65,66)68-56-55-62(3,4)5)57-67-60(63)53-51-49-47-45-43-41-21-19-17-15-13-11-9-7-2/h8,10,14,16,20,22,24-25,27-28,30-31,33-34,36-37,39-40,59H,6-7,9,11-13,15,17-19,21,23,26,29,32,35,38,41-58H2,1-5H3/b10-8-,16-14-,22-20-,25-24-,28-27-,31-30-,34-33-,37-36-,40-39-. The lowest BCUT2D eigenvalue weighted by Crippen LogP contribution is -2.37. The summed E-state index contributed by atoms with van der Waals surface area (Å²) in [5, 5.41) is 0. The van der Waals surface area contributed by atoms with E-state index in [0.29, 0.717) is 17.4 Å². The minimum absolute atomic E-state index is 0.0394. The Morgan fingerprint density at radius 3 is 1.20 bits per heavy atom. The number of hydrogen-bond donors (Lipinski definition) is 0. The van der Waals surface area contributed by atoms with Gasteiger partial charge in [-0.3, -0.25) is 14.2 Å². The van der Waals surface area contributed by atoms with Crippen LogP contribution in [0.5, 0.6) is 0 Å². The van der Waals surface area contributed by atoms with Crippen LogP contribution >= 0.6 is 7.82 Å². The molecule has 0 radical (unpaired) electrons. The minimum atomic E-state index is -4.64. The number of hydrogen-bond acceptors (Lipinski definition) is 8. The Bertz CT molecular complexity index is 1570. The summed E-state index contributed by atoms with van der Waals surface area (Å²) in [5.41, 5.74) is 0. The molecule has 10 heteroatoms. The quantitative estimate of drug-likeness (QED) is 0.0195. The van der Waals surface area contributed by atoms with Gasteiger partial charge in [-0.25, -0.2) is 0 Å². The highest BCUT2D eigenvalue weighted by Crippen LogP contribution is 2.38. The molecule has 0 aliphatic rings. The Kier molecular flexibility index (Phi) is 49.1. The highest BCUT2D eigenvalue weighted by molar-refractivity contribution is 7.45. The summed E-state index contributed by atoms with van der Waals surface area (Å²) in [6, 6.07) is 0. The molecule has 0 N–H and O–H groups in total. The zero-order chi connectivity index (χ0) is 52.0. The highest BCUT2D eigenvalue weighted by Gasteiger charge is 2.21. The van der Waals surface area contributed by atoms with Crippen molar-refractivity contribution in [1.82, 2.24) is 0 Å². The number of carbonyl (C=O) groups excluding carboxylic acids is 2. The van der Waals surface area contributed by atoms with E-state index in [-0.39, 0.29) is 26.1 Å². The zero-order valence-electron chi connectivity index (χ0n) is 45.9. The van der Waals surface area contributed by atoms with Gasteiger partial charge in [-0.15, -0.1) is 0 Å². The van der Waals surface area contributed by atoms with E-state index in [1.165, 1.54) is 70.6 Å². The summed E-state index contributed by atoms with van der Waals surface area (Å²) in [6.07, 6.45) is 71.3. The average Bonchev–Trinajstić information content (AvgIpc) is 3.33. The van der Waals surface area contributed by atoms with Crippen LogP contribution in [-0.4, -0.2) is 70.0 Å². The molecule has 2 atom stereocenters. The number of esters is 2. The molecule has 9 nitrogen and oxygen atoms in total. The summed E-state index contributed by atoms with van der Waals surface area (Å²) >= 11 is 0. The Balaban J connectivity index is 4.23. The third kappa shape index (κ3) is 55.8. The van der Waals surface area contributed by atoms with Crippen LogP contribution in [0.25, 0.3) is 0 Å². The molecule has 0 saturated carbocycles. The number of rotatable bonds is 50. The fraction of sp³-hybridized carbons (Fsp3) is 0.672. The van der Waals surface area contributed by atoms with Gasteiger partial charge >= 0.3 is 11.9 Å². The molecular formula is C61H104NO8P. The van der Waals surface area contributed by atoms with Crippen molar-refractivity contribution in [3.05, 3.63) is 109 Å². The lowest BCUT2D eigenvalue weighted by Gasteiger charge is -2.28. The maximum absolute atomic E-state index is 12.8. The number of likely N-dealkylation sites (N-methyl/N-ethyl adjacent to an activating group) is 1. The van der Waals surface area contributed by atoms with E-state index >= 15 is 0 Å². The molecule has 0 bridgehead atoms. The third-order valence-corrected chi connectivity index (χ3v) is 12.5. The zero-order valence-corrected chi connectivity index (χ0v) is 46.8. The van der Waals surface area contributed by atoms with Crippen molar-refractivity contribution in [2.24, 2.45) is 0 Å². The van der Waals surface area contributed by atoms with Crippen LogP contribution < -0.4 is 4.89 Å². The molecule has 71 heavy (non-hydrogen) atoms. The van der Waals surface area contributed by atoms with E-state index in [4.69, 9.17) is 18.5 Å². The smallest absolute Gasteiger partial charge is 0.306 e. The lowest BCUT2D eigenvalue weighted by atomic mass is 10.0. The number of ether oxygens (including phenoxy) is 2. The molecule has 0 spiro atoms. The van der Waals surface area contributed by atoms with Crippen LogP contribution in [-0.2, 0) is 32.7 Å². The topological polar surface area (TPSA) is 111 Å². The molecule has 0 heterocycles. The van der Waals surface area contributed by atoms with Gasteiger partial charge in [-0.05, 0) is 83.5 Å². The second-order valence-corrected chi connectivity index (χ2v) is 21.0. The number of quaternary nitrogens is 1. The predicted octanol–water partition coefficient (Wildman–Crippen LogP) is 16.8. The molecule has 0 aromatic rings. The van der Waals surface area contributed by atoms with Crippen LogP contribution in [0.15, 0.2) is 109 Å². The predicted molar refractivity (Wildman–Crippen MR) is 300 cm³/mol. The van der Waals surface area contributed by atoms with Gasteiger partial charge in [0.15, 0.2) is 6.10 Å². The second-order valence-electron chi connectivity index (χ2n) is 19.6. The maximum Gasteiger partial charge on any atom is 0.306 e. The normalized spacial score (nSPS) is 14.2. The molecule has 0 fully saturated rings. The molecule has 0 aliphatic carbocycles. The van der Waals surface area contributed by atoms with Crippen molar-refractivity contribution >= 4 is 19.8 Å². The van der Waals surface area contributed by atoms with Crippen molar-refractivity contribution in [1.29, 1.82) is 0 Å². The minimum Gasteiger partial charge on any atom is -0.756 e. The maximum atomic E-state index is 12.8. The molecule has 2 unspecified atom stereocenters. The number of phosphoric ester groups is 1. The van der Waals surface area contributed by atoms with E-state index in [9.17, 15) is 19.0 Å². The summed E-state index contributed by atoms with van der Waals surface area (Å²) in [6.45, 7) is 4.09. The van der Waals surface area contributed by atoms with Gasteiger partial charge in [0, 0.05) is 12.8 Å². The molecule has 0 aromatic carbocycles. The molecule has 0 aromatic heterocycles. The molecule has 0 saturated heterocycles. The van der Waals surface area contributed by atoms with Crippen molar-refractivity contribution in [3.8, 4) is 0 Å². The van der Waals surface area contributed by atoms with Gasteiger partial charge in [-0.2, -0.15) is 0 Å². The first-order valence-electron chi connectivity index (χ1n) is 28.1. The summed E-state index contributed by atoms with van der Waals surface area (Å²) in [4.78, 5) is 37.8. The van der Waals surface area contributed by atoms with Gasteiger partial charge in [0.05, 0.1) is 27.7 Å². The molecule has 0 rings (SSSR count). The molecular weight excluding hydrogens is 906 g/mol.